The maximum Gasteiger partial charge on any atom is 0.119 e. The molecule has 5 nitrogen and oxygen atoms in total. The Morgan fingerprint density at radius 3 is 1.58 bits per heavy atom. The SMILES string of the molecule is O=CCCCCOCCNCCOCCCCC=O. The Kier molecular flexibility index (Phi) is 16.5. The molecule has 0 radical (unpaired) electrons. The fourth-order valence-electron chi connectivity index (χ4n) is 1.48. The average molecular weight is 273 g/mol. The second-order valence-corrected chi connectivity index (χ2v) is 4.30. The van der Waals surface area contributed by atoms with Crippen LogP contribution in [-0.4, -0.2) is 52.1 Å². The van der Waals surface area contributed by atoms with E-state index in [0.717, 1.165) is 64.6 Å². The minimum atomic E-state index is 0.631. The second-order valence-electron chi connectivity index (χ2n) is 4.30. The van der Waals surface area contributed by atoms with Gasteiger partial charge in [0.2, 0.25) is 0 Å². The van der Waals surface area contributed by atoms with E-state index in [-0.39, 0.29) is 0 Å². The van der Waals surface area contributed by atoms with Gasteiger partial charge in [-0.1, -0.05) is 0 Å². The van der Waals surface area contributed by atoms with Gasteiger partial charge in [0.25, 0.3) is 0 Å². The number of rotatable bonds is 16. The van der Waals surface area contributed by atoms with Crippen LogP contribution in [0.3, 0.4) is 0 Å². The Morgan fingerprint density at radius 1 is 0.684 bits per heavy atom. The summed E-state index contributed by atoms with van der Waals surface area (Å²) < 4.78 is 10.8. The van der Waals surface area contributed by atoms with Crippen molar-refractivity contribution < 1.29 is 19.1 Å². The largest absolute Gasteiger partial charge is 0.380 e. The van der Waals surface area contributed by atoms with Crippen LogP contribution in [0.4, 0.5) is 0 Å². The van der Waals surface area contributed by atoms with Gasteiger partial charge in [-0.05, 0) is 25.7 Å². The van der Waals surface area contributed by atoms with Crippen LogP contribution in [0.5, 0.6) is 0 Å². The van der Waals surface area contributed by atoms with Crippen LogP contribution >= 0.6 is 0 Å². The minimum absolute atomic E-state index is 0.631. The molecular formula is C14H27NO4. The minimum Gasteiger partial charge on any atom is -0.380 e. The summed E-state index contributed by atoms with van der Waals surface area (Å²) in [4.78, 5) is 20.1. The third-order valence-corrected chi connectivity index (χ3v) is 2.57. The van der Waals surface area contributed by atoms with Crippen LogP contribution in [0.2, 0.25) is 0 Å². The van der Waals surface area contributed by atoms with Crippen LogP contribution in [0.25, 0.3) is 0 Å². The van der Waals surface area contributed by atoms with Crippen LogP contribution in [0, 0.1) is 0 Å². The normalized spacial score (nSPS) is 10.5. The predicted molar refractivity (Wildman–Crippen MR) is 74.3 cm³/mol. The molecule has 0 aliphatic rings. The van der Waals surface area contributed by atoms with Gasteiger partial charge >= 0.3 is 0 Å². The van der Waals surface area contributed by atoms with E-state index in [9.17, 15) is 9.59 Å². The maximum absolute atomic E-state index is 10.1. The van der Waals surface area contributed by atoms with Gasteiger partial charge in [0, 0.05) is 39.1 Å². The topological polar surface area (TPSA) is 64.6 Å². The van der Waals surface area contributed by atoms with E-state index < -0.39 is 0 Å². The molecule has 112 valence electrons. The molecule has 0 bridgehead atoms. The Hall–Kier alpha value is -0.780. The Morgan fingerprint density at radius 2 is 1.16 bits per heavy atom. The zero-order valence-corrected chi connectivity index (χ0v) is 11.8. The lowest BCUT2D eigenvalue weighted by atomic mass is 10.3. The molecule has 0 heterocycles. The molecule has 0 aliphatic heterocycles. The van der Waals surface area contributed by atoms with Crippen LogP contribution in [-0.2, 0) is 19.1 Å². The maximum atomic E-state index is 10.1. The standard InChI is InChI=1S/C14H27NO4/c16-9-3-1-5-11-18-13-7-15-8-14-19-12-6-2-4-10-17/h9-10,15H,1-8,11-14H2. The van der Waals surface area contributed by atoms with Gasteiger partial charge in [-0.3, -0.25) is 0 Å². The number of unbranched alkanes of at least 4 members (excludes halogenated alkanes) is 4. The quantitative estimate of drug-likeness (QED) is 0.340. The second kappa shape index (κ2) is 17.2. The summed E-state index contributed by atoms with van der Waals surface area (Å²) in [5.41, 5.74) is 0. The molecule has 0 aliphatic carbocycles. The average Bonchev–Trinajstić information content (AvgIpc) is 2.43. The van der Waals surface area contributed by atoms with Crippen LogP contribution < -0.4 is 5.32 Å². The first kappa shape index (κ1) is 18.2. The zero-order valence-electron chi connectivity index (χ0n) is 11.8. The van der Waals surface area contributed by atoms with E-state index >= 15 is 0 Å². The van der Waals surface area contributed by atoms with Crippen molar-refractivity contribution in [3.63, 3.8) is 0 Å². The molecule has 0 spiro atoms. The van der Waals surface area contributed by atoms with Crippen molar-refractivity contribution in [2.45, 2.75) is 38.5 Å². The van der Waals surface area contributed by atoms with Gasteiger partial charge in [0.05, 0.1) is 13.2 Å². The molecule has 0 atom stereocenters. The van der Waals surface area contributed by atoms with Crippen LogP contribution in [0.15, 0.2) is 0 Å². The van der Waals surface area contributed by atoms with Gasteiger partial charge < -0.3 is 24.4 Å². The highest BCUT2D eigenvalue weighted by atomic mass is 16.5. The number of nitrogens with one attached hydrogen (secondary N) is 1. The van der Waals surface area contributed by atoms with Crippen LogP contribution in [0.1, 0.15) is 38.5 Å². The van der Waals surface area contributed by atoms with Gasteiger partial charge in [-0.15, -0.1) is 0 Å². The molecule has 0 unspecified atom stereocenters. The number of aldehydes is 2. The Balaban J connectivity index is 2.91. The summed E-state index contributed by atoms with van der Waals surface area (Å²) in [7, 11) is 0. The third kappa shape index (κ3) is 17.2. The summed E-state index contributed by atoms with van der Waals surface area (Å²) in [5.74, 6) is 0. The smallest absolute Gasteiger partial charge is 0.119 e. The zero-order chi connectivity index (χ0) is 14.0. The molecule has 0 fully saturated rings. The third-order valence-electron chi connectivity index (χ3n) is 2.57. The molecular weight excluding hydrogens is 246 g/mol. The number of hydrogen-bond donors (Lipinski definition) is 1. The lowest BCUT2D eigenvalue weighted by molar-refractivity contribution is -0.108. The van der Waals surface area contributed by atoms with E-state index in [0.29, 0.717) is 26.1 Å². The number of ether oxygens (including phenoxy) is 2. The summed E-state index contributed by atoms with van der Waals surface area (Å²) in [6.45, 7) is 4.48. The van der Waals surface area contributed by atoms with E-state index in [2.05, 4.69) is 5.32 Å². The Labute approximate surface area is 116 Å². The molecule has 0 saturated carbocycles. The molecule has 1 N–H and O–H groups in total. The van der Waals surface area contributed by atoms with E-state index in [4.69, 9.17) is 9.47 Å². The summed E-state index contributed by atoms with van der Waals surface area (Å²) in [5, 5.41) is 3.23. The first-order chi connectivity index (χ1) is 9.41. The van der Waals surface area contributed by atoms with Crippen molar-refractivity contribution in [1.29, 1.82) is 0 Å². The molecule has 5 heteroatoms. The van der Waals surface area contributed by atoms with Crippen molar-refractivity contribution in [2.75, 3.05) is 39.5 Å². The fourth-order valence-corrected chi connectivity index (χ4v) is 1.48. The first-order valence-electron chi connectivity index (χ1n) is 7.15. The predicted octanol–water partition coefficient (Wildman–Crippen LogP) is 1.35. The van der Waals surface area contributed by atoms with Crippen molar-refractivity contribution in [3.05, 3.63) is 0 Å². The highest BCUT2D eigenvalue weighted by Gasteiger charge is 1.92. The summed E-state index contributed by atoms with van der Waals surface area (Å²) >= 11 is 0. The lowest BCUT2D eigenvalue weighted by Crippen LogP contribution is -2.24. The van der Waals surface area contributed by atoms with Crippen molar-refractivity contribution in [2.24, 2.45) is 0 Å². The Bertz CT molecular complexity index is 180. The van der Waals surface area contributed by atoms with Crippen molar-refractivity contribution >= 4 is 12.6 Å². The number of hydrogen-bond acceptors (Lipinski definition) is 5. The van der Waals surface area contributed by atoms with E-state index in [1.807, 2.05) is 0 Å². The summed E-state index contributed by atoms with van der Waals surface area (Å²) in [6, 6.07) is 0. The fraction of sp³-hybridized carbons (Fsp3) is 0.857. The molecule has 0 aromatic carbocycles. The van der Waals surface area contributed by atoms with Gasteiger partial charge in [-0.2, -0.15) is 0 Å². The van der Waals surface area contributed by atoms with Crippen molar-refractivity contribution in [1.82, 2.24) is 5.32 Å². The molecule has 0 aromatic rings. The molecule has 0 saturated heterocycles. The summed E-state index contributed by atoms with van der Waals surface area (Å²) in [6.07, 6.45) is 6.87. The highest BCUT2D eigenvalue weighted by Crippen LogP contribution is 1.93. The van der Waals surface area contributed by atoms with E-state index in [1.54, 1.807) is 0 Å². The lowest BCUT2D eigenvalue weighted by Gasteiger charge is -2.06. The number of carbonyl (C=O) groups is 2. The first-order valence-corrected chi connectivity index (χ1v) is 7.15. The van der Waals surface area contributed by atoms with Gasteiger partial charge in [-0.25, -0.2) is 0 Å². The monoisotopic (exact) mass is 273 g/mol. The molecule has 0 rings (SSSR count). The molecule has 0 amide bonds. The molecule has 0 aromatic heterocycles. The number of carbonyl (C=O) groups excluding carboxylic acids is 2. The van der Waals surface area contributed by atoms with Gasteiger partial charge in [0.15, 0.2) is 0 Å². The van der Waals surface area contributed by atoms with Gasteiger partial charge in [0.1, 0.15) is 12.6 Å². The highest BCUT2D eigenvalue weighted by molar-refractivity contribution is 5.49. The van der Waals surface area contributed by atoms with E-state index in [1.165, 1.54) is 0 Å². The van der Waals surface area contributed by atoms with Crippen molar-refractivity contribution in [3.8, 4) is 0 Å². The molecule has 19 heavy (non-hydrogen) atoms.